The van der Waals surface area contributed by atoms with Crippen LogP contribution in [0.25, 0.3) is 0 Å². The number of carbonyl (C=O) groups excluding carboxylic acids is 2. The number of halogens is 1. The average Bonchev–Trinajstić information content (AvgIpc) is 2.44. The first kappa shape index (κ1) is 12.0. The molecule has 0 atom stereocenters. The van der Waals surface area contributed by atoms with E-state index in [4.69, 9.17) is 11.6 Å². The zero-order chi connectivity index (χ0) is 12.6. The maximum Gasteiger partial charge on any atom is 0.235 e. The van der Waals surface area contributed by atoms with Crippen LogP contribution in [-0.2, 0) is 16.1 Å². The Hall–Kier alpha value is -1.42. The molecule has 0 aromatic carbocycles. The van der Waals surface area contributed by atoms with Crippen molar-refractivity contribution in [3.63, 3.8) is 0 Å². The number of likely N-dealkylation sites (tertiary alicyclic amines) is 1. The minimum atomic E-state index is -0.586. The molecule has 1 fully saturated rings. The summed E-state index contributed by atoms with van der Waals surface area (Å²) in [6, 6.07) is 3.41. The Morgan fingerprint density at radius 2 is 2.12 bits per heavy atom. The lowest BCUT2D eigenvalue weighted by Gasteiger charge is -2.17. The lowest BCUT2D eigenvalue weighted by atomic mass is 9.92. The summed E-state index contributed by atoms with van der Waals surface area (Å²) in [6.07, 6.45) is 1.85. The first-order chi connectivity index (χ1) is 7.90. The van der Waals surface area contributed by atoms with E-state index in [1.807, 2.05) is 0 Å². The molecule has 1 aliphatic heterocycles. The summed E-state index contributed by atoms with van der Waals surface area (Å²) in [4.78, 5) is 28.9. The summed E-state index contributed by atoms with van der Waals surface area (Å²) in [5.74, 6) is -0.257. The Kier molecular flexibility index (Phi) is 2.91. The fourth-order valence-corrected chi connectivity index (χ4v) is 1.98. The minimum absolute atomic E-state index is 0.127. The van der Waals surface area contributed by atoms with Gasteiger partial charge in [-0.05, 0) is 11.6 Å². The number of hydrogen-bond donors (Lipinski definition) is 0. The van der Waals surface area contributed by atoms with Crippen molar-refractivity contribution in [3.05, 3.63) is 29.0 Å². The van der Waals surface area contributed by atoms with Gasteiger partial charge in [-0.3, -0.25) is 14.5 Å². The Morgan fingerprint density at radius 1 is 1.41 bits per heavy atom. The maximum atomic E-state index is 12.0. The fraction of sp³-hybridized carbons (Fsp3) is 0.417. The number of rotatable bonds is 2. The summed E-state index contributed by atoms with van der Waals surface area (Å²) in [5, 5.41) is 0.396. The Balaban J connectivity index is 2.17. The molecule has 1 aromatic rings. The molecular formula is C12H13ClN2O2. The van der Waals surface area contributed by atoms with Gasteiger partial charge in [0.05, 0.1) is 12.0 Å². The molecule has 1 aliphatic rings. The van der Waals surface area contributed by atoms with E-state index in [1.165, 1.54) is 4.90 Å². The predicted molar refractivity (Wildman–Crippen MR) is 63.2 cm³/mol. The van der Waals surface area contributed by atoms with Gasteiger partial charge in [0, 0.05) is 12.6 Å². The first-order valence-corrected chi connectivity index (χ1v) is 5.73. The average molecular weight is 253 g/mol. The maximum absolute atomic E-state index is 12.0. The highest BCUT2D eigenvalue weighted by Gasteiger charge is 2.44. The van der Waals surface area contributed by atoms with Gasteiger partial charge in [-0.2, -0.15) is 0 Å². The van der Waals surface area contributed by atoms with Crippen molar-refractivity contribution >= 4 is 23.4 Å². The van der Waals surface area contributed by atoms with Gasteiger partial charge in [-0.15, -0.1) is 0 Å². The number of amides is 2. The normalized spacial score (nSPS) is 18.9. The molecule has 1 saturated heterocycles. The van der Waals surface area contributed by atoms with Gasteiger partial charge in [0.25, 0.3) is 0 Å². The monoisotopic (exact) mass is 252 g/mol. The standard InChI is InChI=1S/C12H13ClN2O2/c1-12(2)5-10(16)15(11(12)17)7-8-3-4-9(13)14-6-8/h3-4,6H,5,7H2,1-2H3. The van der Waals surface area contributed by atoms with Crippen molar-refractivity contribution in [1.29, 1.82) is 0 Å². The molecular weight excluding hydrogens is 240 g/mol. The zero-order valence-corrected chi connectivity index (χ0v) is 10.5. The molecule has 5 heteroatoms. The topological polar surface area (TPSA) is 50.3 Å². The van der Waals surface area contributed by atoms with E-state index < -0.39 is 5.41 Å². The van der Waals surface area contributed by atoms with Crippen LogP contribution in [0.5, 0.6) is 0 Å². The number of imide groups is 1. The Morgan fingerprint density at radius 3 is 2.59 bits per heavy atom. The van der Waals surface area contributed by atoms with Gasteiger partial charge in [0.15, 0.2) is 0 Å². The van der Waals surface area contributed by atoms with Crippen LogP contribution >= 0.6 is 11.6 Å². The smallest absolute Gasteiger partial charge is 0.235 e. The van der Waals surface area contributed by atoms with Gasteiger partial charge in [0.2, 0.25) is 11.8 Å². The van der Waals surface area contributed by atoms with Crippen LogP contribution in [0.3, 0.4) is 0 Å². The van der Waals surface area contributed by atoms with Crippen LogP contribution in [0.2, 0.25) is 5.15 Å². The summed E-state index contributed by atoms with van der Waals surface area (Å²) in [6.45, 7) is 3.84. The molecule has 0 aliphatic carbocycles. The van der Waals surface area contributed by atoms with E-state index in [-0.39, 0.29) is 24.8 Å². The molecule has 4 nitrogen and oxygen atoms in total. The third-order valence-electron chi connectivity index (χ3n) is 2.85. The minimum Gasteiger partial charge on any atom is -0.278 e. The second-order valence-corrected chi connectivity index (χ2v) is 5.22. The van der Waals surface area contributed by atoms with Gasteiger partial charge in [-0.25, -0.2) is 4.98 Å². The van der Waals surface area contributed by atoms with Crippen LogP contribution in [-0.4, -0.2) is 21.7 Å². The molecule has 2 amide bonds. The van der Waals surface area contributed by atoms with Crippen LogP contribution in [0.1, 0.15) is 25.8 Å². The number of carbonyl (C=O) groups is 2. The molecule has 90 valence electrons. The first-order valence-electron chi connectivity index (χ1n) is 5.35. The second-order valence-electron chi connectivity index (χ2n) is 4.83. The molecule has 17 heavy (non-hydrogen) atoms. The number of pyridine rings is 1. The molecule has 2 heterocycles. The fourth-order valence-electron chi connectivity index (χ4n) is 1.87. The summed E-state index contributed by atoms with van der Waals surface area (Å²) < 4.78 is 0. The van der Waals surface area contributed by atoms with Crippen LogP contribution < -0.4 is 0 Å². The Labute approximate surface area is 105 Å². The zero-order valence-electron chi connectivity index (χ0n) is 9.74. The Bertz CT molecular complexity index is 468. The summed E-state index contributed by atoms with van der Waals surface area (Å²) in [5.41, 5.74) is 0.213. The van der Waals surface area contributed by atoms with Crippen molar-refractivity contribution in [2.45, 2.75) is 26.8 Å². The van der Waals surface area contributed by atoms with E-state index >= 15 is 0 Å². The van der Waals surface area contributed by atoms with Crippen molar-refractivity contribution in [3.8, 4) is 0 Å². The van der Waals surface area contributed by atoms with E-state index in [2.05, 4.69) is 4.98 Å². The van der Waals surface area contributed by atoms with Gasteiger partial charge in [-0.1, -0.05) is 31.5 Å². The summed E-state index contributed by atoms with van der Waals surface area (Å²) >= 11 is 5.67. The highest BCUT2D eigenvalue weighted by molar-refractivity contribution is 6.29. The SMILES string of the molecule is CC1(C)CC(=O)N(Cc2ccc(Cl)nc2)C1=O. The third kappa shape index (κ3) is 2.31. The van der Waals surface area contributed by atoms with E-state index in [0.29, 0.717) is 5.15 Å². The van der Waals surface area contributed by atoms with Crippen LogP contribution in [0, 0.1) is 5.41 Å². The molecule has 2 rings (SSSR count). The van der Waals surface area contributed by atoms with Crippen molar-refractivity contribution in [1.82, 2.24) is 9.88 Å². The number of aromatic nitrogens is 1. The highest BCUT2D eigenvalue weighted by Crippen LogP contribution is 2.32. The van der Waals surface area contributed by atoms with E-state index in [1.54, 1.807) is 32.2 Å². The second kappa shape index (κ2) is 4.11. The lowest BCUT2D eigenvalue weighted by Crippen LogP contribution is -2.32. The quantitative estimate of drug-likeness (QED) is 0.598. The van der Waals surface area contributed by atoms with Gasteiger partial charge >= 0.3 is 0 Å². The molecule has 1 aromatic heterocycles. The van der Waals surface area contributed by atoms with Gasteiger partial charge in [0.1, 0.15) is 5.15 Å². The largest absolute Gasteiger partial charge is 0.278 e. The van der Waals surface area contributed by atoms with Crippen molar-refractivity contribution < 1.29 is 9.59 Å². The van der Waals surface area contributed by atoms with E-state index in [0.717, 1.165) is 5.56 Å². The van der Waals surface area contributed by atoms with Crippen LogP contribution in [0.4, 0.5) is 0 Å². The molecule has 0 radical (unpaired) electrons. The molecule has 0 saturated carbocycles. The lowest BCUT2D eigenvalue weighted by molar-refractivity contribution is -0.141. The molecule has 0 spiro atoms. The van der Waals surface area contributed by atoms with Gasteiger partial charge < -0.3 is 0 Å². The number of hydrogen-bond acceptors (Lipinski definition) is 3. The molecule has 0 bridgehead atoms. The highest BCUT2D eigenvalue weighted by atomic mass is 35.5. The van der Waals surface area contributed by atoms with Crippen molar-refractivity contribution in [2.75, 3.05) is 0 Å². The number of nitrogens with zero attached hydrogens (tertiary/aromatic N) is 2. The molecule has 0 unspecified atom stereocenters. The third-order valence-corrected chi connectivity index (χ3v) is 3.07. The summed E-state index contributed by atoms with van der Waals surface area (Å²) in [7, 11) is 0. The predicted octanol–water partition coefficient (Wildman–Crippen LogP) is 2.02. The van der Waals surface area contributed by atoms with Crippen molar-refractivity contribution in [2.24, 2.45) is 5.41 Å². The molecule has 0 N–H and O–H groups in total. The van der Waals surface area contributed by atoms with Crippen LogP contribution in [0.15, 0.2) is 18.3 Å². The van der Waals surface area contributed by atoms with E-state index in [9.17, 15) is 9.59 Å².